The highest BCUT2D eigenvalue weighted by atomic mass is 19.4. The van der Waals surface area contributed by atoms with Crippen LogP contribution in [0.5, 0.6) is 23.0 Å². The van der Waals surface area contributed by atoms with Crippen molar-refractivity contribution < 1.29 is 50.4 Å². The summed E-state index contributed by atoms with van der Waals surface area (Å²) in [5.41, 5.74) is 15.1. The van der Waals surface area contributed by atoms with Crippen LogP contribution in [-0.2, 0) is 0 Å². The summed E-state index contributed by atoms with van der Waals surface area (Å²) in [6, 6.07) is 17.7. The number of aryl methyl sites for hydroxylation is 4. The minimum Gasteiger partial charge on any atom is -0.429 e. The number of halogens is 3. The molecule has 0 spiro atoms. The van der Waals surface area contributed by atoms with Gasteiger partial charge in [-0.25, -0.2) is 0 Å². The Morgan fingerprint density at radius 2 is 0.716 bits per heavy atom. The summed E-state index contributed by atoms with van der Waals surface area (Å²) in [4.78, 5) is 0. The van der Waals surface area contributed by atoms with E-state index in [4.69, 9.17) is 18.9 Å². The van der Waals surface area contributed by atoms with Crippen LogP contribution in [0, 0.1) is 39.0 Å². The van der Waals surface area contributed by atoms with Gasteiger partial charge in [0.2, 0.25) is 23.0 Å². The zero-order chi connectivity index (χ0) is 57.4. The molecule has 4 aliphatic carbocycles. The van der Waals surface area contributed by atoms with E-state index in [1.165, 1.54) is 166 Å². The largest absolute Gasteiger partial charge is 0.469 e. The first kappa shape index (κ1) is 60.2. The molecule has 81 heavy (non-hydrogen) atoms. The number of ether oxygens (including phenoxy) is 4. The van der Waals surface area contributed by atoms with Gasteiger partial charge in [-0.3, -0.25) is 0 Å². The average Bonchev–Trinajstić information content (AvgIpc) is 4.30. The van der Waals surface area contributed by atoms with Crippen LogP contribution in [0.4, 0.5) is 35.9 Å². The Labute approximate surface area is 484 Å². The summed E-state index contributed by atoms with van der Waals surface area (Å²) in [7, 11) is 0. The van der Waals surface area contributed by atoms with Gasteiger partial charge in [-0.2, -0.15) is 31.5 Å². The van der Waals surface area contributed by atoms with Crippen LogP contribution < -0.4 is 18.9 Å². The standard InChI is InChI=1S/C19H28NO.C18H26NO.C17H24NO.C16H19F3NO/c1-14-10-16(15-8-6-5-7-9-15)18-17(11-14)20(13-21-18)12-19(2,3)4;1-13(2)11-19-12-20-18-16(9-14(3)10-17(18)19)15-7-5-4-6-8-15;1-3-9-18-12-19-17-15(10-13(2)11-16(17)18)14-7-5-4-6-8-14;1-11-7-13(12-5-3-2-4-6-12)15-14(8-11)20(10-21-15)9-16(17,18)19/h10-12,15H,5-9,13H2,1-4H3;9-11,13,15H,4-8,12H2,1-3H3;9-11,14H,3-8,12H2,1-2H3;7-9,12H,2-6,10H2,1H3/q4*+1/b20-12-;19-11-;18-9-;20-9-. The van der Waals surface area contributed by atoms with Crippen LogP contribution in [-0.4, -0.2) is 76.3 Å². The lowest BCUT2D eigenvalue weighted by molar-refractivity contribution is -0.460. The maximum absolute atomic E-state index is 12.6. The molecule has 0 radical (unpaired) electrons. The summed E-state index contributed by atoms with van der Waals surface area (Å²) >= 11 is 0. The third-order valence-corrected chi connectivity index (χ3v) is 17.5. The Morgan fingerprint density at radius 3 is 1.01 bits per heavy atom. The second-order valence-corrected chi connectivity index (χ2v) is 26.3. The molecule has 0 unspecified atom stereocenters. The van der Waals surface area contributed by atoms with Crippen molar-refractivity contribution in [2.24, 2.45) is 11.3 Å². The highest BCUT2D eigenvalue weighted by Gasteiger charge is 2.39. The fourth-order valence-corrected chi connectivity index (χ4v) is 14.0. The van der Waals surface area contributed by atoms with Crippen molar-refractivity contribution in [3.63, 3.8) is 0 Å². The Morgan fingerprint density at radius 1 is 0.432 bits per heavy atom. The molecule has 8 nitrogen and oxygen atoms in total. The lowest BCUT2D eigenvalue weighted by Gasteiger charge is -2.22. The summed E-state index contributed by atoms with van der Waals surface area (Å²) in [5.74, 6) is 7.17. The Hall–Kier alpha value is -5.45. The second-order valence-electron chi connectivity index (χ2n) is 26.3. The van der Waals surface area contributed by atoms with Crippen molar-refractivity contribution in [2.75, 3.05) is 26.9 Å². The van der Waals surface area contributed by atoms with Gasteiger partial charge in [0.15, 0.2) is 12.4 Å². The average molecular weight is 1120 g/mol. The molecule has 0 amide bonds. The van der Waals surface area contributed by atoms with E-state index in [0.29, 0.717) is 67.4 Å². The highest BCUT2D eigenvalue weighted by Crippen LogP contribution is 2.49. The van der Waals surface area contributed by atoms with Crippen molar-refractivity contribution >= 4 is 47.6 Å². The van der Waals surface area contributed by atoms with Gasteiger partial charge in [-0.1, -0.05) is 143 Å². The number of rotatable bonds is 6. The third-order valence-electron chi connectivity index (χ3n) is 17.5. The predicted octanol–water partition coefficient (Wildman–Crippen LogP) is 19.1. The van der Waals surface area contributed by atoms with Crippen molar-refractivity contribution in [3.8, 4) is 23.0 Å². The smallest absolute Gasteiger partial charge is 0.429 e. The van der Waals surface area contributed by atoms with E-state index >= 15 is 0 Å². The zero-order valence-corrected chi connectivity index (χ0v) is 51.0. The molecule has 8 aliphatic rings. The lowest BCUT2D eigenvalue weighted by atomic mass is 9.83. The molecule has 0 saturated heterocycles. The fourth-order valence-electron chi connectivity index (χ4n) is 14.0. The molecule has 0 aromatic heterocycles. The summed E-state index contributed by atoms with van der Waals surface area (Å²) < 4.78 is 69.5. The van der Waals surface area contributed by atoms with Crippen LogP contribution in [0.1, 0.15) is 245 Å². The minimum atomic E-state index is -4.33. The maximum atomic E-state index is 12.6. The van der Waals surface area contributed by atoms with Crippen molar-refractivity contribution in [1.82, 2.24) is 0 Å². The molecule has 11 heteroatoms. The van der Waals surface area contributed by atoms with Gasteiger partial charge in [-0.05, 0) is 125 Å². The van der Waals surface area contributed by atoms with E-state index in [1.54, 1.807) is 6.07 Å². The van der Waals surface area contributed by atoms with E-state index in [2.05, 4.69) is 137 Å². The van der Waals surface area contributed by atoms with Gasteiger partial charge in [-0.15, -0.1) is 0 Å². The molecule has 4 aromatic carbocycles. The number of benzene rings is 4. The van der Waals surface area contributed by atoms with Crippen LogP contribution in [0.25, 0.3) is 0 Å². The number of alkyl halides is 3. The normalized spacial score (nSPS) is 21.4. The van der Waals surface area contributed by atoms with E-state index in [1.807, 2.05) is 6.92 Å². The van der Waals surface area contributed by atoms with Crippen molar-refractivity contribution in [1.29, 1.82) is 0 Å². The summed E-state index contributed by atoms with van der Waals surface area (Å²) in [5, 5.41) is 0. The first-order valence-electron chi connectivity index (χ1n) is 31.5. The molecule has 438 valence electrons. The van der Waals surface area contributed by atoms with E-state index < -0.39 is 6.18 Å². The van der Waals surface area contributed by atoms with Gasteiger partial charge in [0.25, 0.3) is 55.9 Å². The zero-order valence-electron chi connectivity index (χ0n) is 51.0. The van der Waals surface area contributed by atoms with Crippen LogP contribution >= 0.6 is 0 Å². The first-order chi connectivity index (χ1) is 38.8. The molecule has 4 aliphatic heterocycles. The highest BCUT2D eigenvalue weighted by molar-refractivity contribution is 5.67. The molecule has 4 aromatic rings. The monoisotopic (exact) mass is 1110 g/mol. The van der Waals surface area contributed by atoms with E-state index in [0.717, 1.165) is 52.2 Å². The molecular formula is C70H97F3N4O4+4. The molecular weight excluding hydrogens is 1020 g/mol. The van der Waals surface area contributed by atoms with Gasteiger partial charge >= 0.3 is 6.18 Å². The van der Waals surface area contributed by atoms with Gasteiger partial charge in [0.1, 0.15) is 6.21 Å². The van der Waals surface area contributed by atoms with E-state index in [-0.39, 0.29) is 12.1 Å². The topological polar surface area (TPSA) is 49.0 Å². The number of hydrogen-bond acceptors (Lipinski definition) is 4. The van der Waals surface area contributed by atoms with Gasteiger partial charge < -0.3 is 18.9 Å². The molecule has 0 atom stereocenters. The summed E-state index contributed by atoms with van der Waals surface area (Å²) in [6.07, 6.45) is 30.0. The van der Waals surface area contributed by atoms with E-state index in [9.17, 15) is 13.2 Å². The summed E-state index contributed by atoms with van der Waals surface area (Å²) in [6.45, 7) is 23.8. The predicted molar refractivity (Wildman–Crippen MR) is 325 cm³/mol. The molecule has 0 N–H and O–H groups in total. The fraction of sp³-hybridized carbons (Fsp3) is 0.600. The van der Waals surface area contributed by atoms with Crippen molar-refractivity contribution in [3.05, 3.63) is 93.0 Å². The minimum absolute atomic E-state index is 0.0575. The van der Waals surface area contributed by atoms with Gasteiger partial charge in [0, 0.05) is 64.3 Å². The number of nitrogens with zero attached hydrogens (tertiary/aromatic N) is 4. The SMILES string of the molecule is CC/C=[N+]1/COc2c(C3CCCCC3)cc(C)cc21.Cc1cc(C2CCCCC2)c2c(c1)/[N+](=C\C(C)(C)C)CO2.Cc1cc(C2CCCCC2)c2c(c1)/[N+](=C\C(C)C)CO2.Cc1cc(C2CCCCC2)c2c(c1)/[N+](=C\C(F)(F)F)CO2. The molecule has 0 bridgehead atoms. The quantitative estimate of drug-likeness (QED) is 0.181. The Kier molecular flexibility index (Phi) is 19.9. The number of fused-ring (bicyclic) bond motifs is 4. The van der Waals surface area contributed by atoms with Gasteiger partial charge in [0.05, 0.1) is 0 Å². The Bertz CT molecular complexity index is 2850. The first-order valence-corrected chi connectivity index (χ1v) is 31.5. The molecule has 12 rings (SSSR count). The van der Waals surface area contributed by atoms with Crippen LogP contribution in [0.15, 0.2) is 48.5 Å². The second kappa shape index (κ2) is 26.9. The van der Waals surface area contributed by atoms with Crippen LogP contribution in [0.3, 0.4) is 0 Å². The molecule has 4 heterocycles. The number of hydrogen-bond donors (Lipinski definition) is 0. The third kappa shape index (κ3) is 15.4. The van der Waals surface area contributed by atoms with Crippen LogP contribution in [0.2, 0.25) is 0 Å². The molecule has 4 saturated carbocycles. The lowest BCUT2D eigenvalue weighted by Crippen LogP contribution is -2.19. The molecule has 4 fully saturated rings. The van der Waals surface area contributed by atoms with Crippen molar-refractivity contribution in [2.45, 2.75) is 234 Å². The maximum Gasteiger partial charge on any atom is 0.469 e. The Balaban J connectivity index is 0.000000130.